The van der Waals surface area contributed by atoms with Crippen LogP contribution in [0.2, 0.25) is 0 Å². The van der Waals surface area contributed by atoms with Crippen molar-refractivity contribution in [2.24, 2.45) is 5.92 Å². The van der Waals surface area contributed by atoms with Gasteiger partial charge in [-0.3, -0.25) is 4.79 Å². The van der Waals surface area contributed by atoms with E-state index in [1.807, 2.05) is 0 Å². The molecule has 2 aliphatic rings. The third kappa shape index (κ3) is 4.50. The molecule has 0 aromatic rings. The lowest BCUT2D eigenvalue weighted by molar-refractivity contribution is -0.120. The number of carbonyl (C=O) groups excluding carboxylic acids is 1. The predicted molar refractivity (Wildman–Crippen MR) is 69.7 cm³/mol. The number of amides is 1. The van der Waals surface area contributed by atoms with Crippen LogP contribution in [0.4, 0.5) is 0 Å². The molecule has 0 spiro atoms. The molecule has 96 valence electrons. The monoisotopic (exact) mass is 236 g/mol. The van der Waals surface area contributed by atoms with Crippen LogP contribution in [0.1, 0.15) is 44.9 Å². The zero-order valence-electron chi connectivity index (χ0n) is 10.6. The molecule has 0 radical (unpaired) electrons. The summed E-state index contributed by atoms with van der Waals surface area (Å²) in [4.78, 5) is 11.7. The summed E-state index contributed by atoms with van der Waals surface area (Å²) < 4.78 is 0. The SMILES string of the molecule is O=C(CNCC1CC=CCC1)NC1CCCC1. The van der Waals surface area contributed by atoms with Gasteiger partial charge in [0.2, 0.25) is 5.91 Å². The molecule has 0 aromatic heterocycles. The summed E-state index contributed by atoms with van der Waals surface area (Å²) in [5, 5.41) is 6.38. The highest BCUT2D eigenvalue weighted by Gasteiger charge is 2.17. The minimum atomic E-state index is 0.170. The molecular weight excluding hydrogens is 212 g/mol. The maximum Gasteiger partial charge on any atom is 0.234 e. The Morgan fingerprint density at radius 3 is 2.71 bits per heavy atom. The average molecular weight is 236 g/mol. The van der Waals surface area contributed by atoms with Gasteiger partial charge in [0, 0.05) is 6.04 Å². The second kappa shape index (κ2) is 6.80. The largest absolute Gasteiger partial charge is 0.352 e. The number of hydrogen-bond donors (Lipinski definition) is 2. The Labute approximate surface area is 104 Å². The lowest BCUT2D eigenvalue weighted by atomic mass is 9.94. The molecule has 1 amide bonds. The number of nitrogens with one attached hydrogen (secondary N) is 2. The summed E-state index contributed by atoms with van der Waals surface area (Å²) in [6, 6.07) is 0.446. The Morgan fingerprint density at radius 1 is 1.18 bits per heavy atom. The van der Waals surface area contributed by atoms with Crippen molar-refractivity contribution in [3.63, 3.8) is 0 Å². The minimum absolute atomic E-state index is 0.170. The van der Waals surface area contributed by atoms with Crippen molar-refractivity contribution in [2.75, 3.05) is 13.1 Å². The van der Waals surface area contributed by atoms with Gasteiger partial charge in [-0.2, -0.15) is 0 Å². The predicted octanol–water partition coefficient (Wildman–Crippen LogP) is 1.99. The van der Waals surface area contributed by atoms with Gasteiger partial charge < -0.3 is 10.6 Å². The van der Waals surface area contributed by atoms with Gasteiger partial charge in [-0.05, 0) is 44.6 Å². The first kappa shape index (κ1) is 12.6. The first-order chi connectivity index (χ1) is 8.34. The second-order valence-electron chi connectivity index (χ2n) is 5.33. The molecule has 3 heteroatoms. The second-order valence-corrected chi connectivity index (χ2v) is 5.33. The molecule has 1 fully saturated rings. The zero-order chi connectivity index (χ0) is 11.9. The summed E-state index contributed by atoms with van der Waals surface area (Å²) in [6.45, 7) is 1.46. The van der Waals surface area contributed by atoms with Crippen LogP contribution in [0.25, 0.3) is 0 Å². The van der Waals surface area contributed by atoms with Crippen LogP contribution in [0, 0.1) is 5.92 Å². The van der Waals surface area contributed by atoms with E-state index in [1.54, 1.807) is 0 Å². The van der Waals surface area contributed by atoms with E-state index in [1.165, 1.54) is 38.5 Å². The van der Waals surface area contributed by atoms with E-state index in [2.05, 4.69) is 22.8 Å². The lowest BCUT2D eigenvalue weighted by Crippen LogP contribution is -2.40. The Kier molecular flexibility index (Phi) is 5.05. The van der Waals surface area contributed by atoms with Gasteiger partial charge in [0.1, 0.15) is 0 Å². The first-order valence-corrected chi connectivity index (χ1v) is 6.99. The van der Waals surface area contributed by atoms with Gasteiger partial charge in [-0.25, -0.2) is 0 Å². The third-order valence-electron chi connectivity index (χ3n) is 3.82. The van der Waals surface area contributed by atoms with Crippen LogP contribution in [-0.4, -0.2) is 25.0 Å². The lowest BCUT2D eigenvalue weighted by Gasteiger charge is -2.18. The smallest absolute Gasteiger partial charge is 0.234 e. The van der Waals surface area contributed by atoms with Gasteiger partial charge in [0.25, 0.3) is 0 Å². The third-order valence-corrected chi connectivity index (χ3v) is 3.82. The van der Waals surface area contributed by atoms with Crippen LogP contribution < -0.4 is 10.6 Å². The number of allylic oxidation sites excluding steroid dienone is 2. The summed E-state index contributed by atoms with van der Waals surface area (Å²) >= 11 is 0. The van der Waals surface area contributed by atoms with E-state index < -0.39 is 0 Å². The Bertz CT molecular complexity index is 269. The average Bonchev–Trinajstić information content (AvgIpc) is 2.83. The molecule has 0 saturated heterocycles. The molecule has 0 bridgehead atoms. The van der Waals surface area contributed by atoms with Crippen LogP contribution in [-0.2, 0) is 4.79 Å². The maximum atomic E-state index is 11.7. The van der Waals surface area contributed by atoms with Gasteiger partial charge >= 0.3 is 0 Å². The zero-order valence-corrected chi connectivity index (χ0v) is 10.6. The van der Waals surface area contributed by atoms with E-state index in [9.17, 15) is 4.79 Å². The van der Waals surface area contributed by atoms with E-state index in [4.69, 9.17) is 0 Å². The first-order valence-electron chi connectivity index (χ1n) is 6.99. The van der Waals surface area contributed by atoms with Crippen LogP contribution in [0.5, 0.6) is 0 Å². The number of rotatable bonds is 5. The van der Waals surface area contributed by atoms with Crippen molar-refractivity contribution in [3.05, 3.63) is 12.2 Å². The van der Waals surface area contributed by atoms with Crippen molar-refractivity contribution in [3.8, 4) is 0 Å². The van der Waals surface area contributed by atoms with E-state index >= 15 is 0 Å². The molecule has 1 atom stereocenters. The fraction of sp³-hybridized carbons (Fsp3) is 0.786. The number of hydrogen-bond acceptors (Lipinski definition) is 2. The standard InChI is InChI=1S/C14H24N2O/c17-14(16-13-8-4-5-9-13)11-15-10-12-6-2-1-3-7-12/h1-2,12-13,15H,3-11H2,(H,16,17). The molecule has 2 N–H and O–H groups in total. The highest BCUT2D eigenvalue weighted by atomic mass is 16.1. The molecule has 2 rings (SSSR count). The molecule has 2 aliphatic carbocycles. The normalized spacial score (nSPS) is 25.1. The van der Waals surface area contributed by atoms with Gasteiger partial charge in [-0.15, -0.1) is 0 Å². The maximum absolute atomic E-state index is 11.7. The highest BCUT2D eigenvalue weighted by Crippen LogP contribution is 2.18. The summed E-state index contributed by atoms with van der Waals surface area (Å²) in [6.07, 6.45) is 13.0. The summed E-state index contributed by atoms with van der Waals surface area (Å²) in [5.74, 6) is 0.891. The number of carbonyl (C=O) groups is 1. The van der Waals surface area contributed by atoms with Crippen molar-refractivity contribution in [2.45, 2.75) is 51.0 Å². The molecule has 0 aliphatic heterocycles. The van der Waals surface area contributed by atoms with Crippen LogP contribution >= 0.6 is 0 Å². The van der Waals surface area contributed by atoms with Crippen molar-refractivity contribution in [1.82, 2.24) is 10.6 Å². The van der Waals surface area contributed by atoms with Gasteiger partial charge in [0.15, 0.2) is 0 Å². The summed E-state index contributed by atoms with van der Waals surface area (Å²) in [5.41, 5.74) is 0. The Hall–Kier alpha value is -0.830. The Balaban J connectivity index is 1.54. The fourth-order valence-corrected chi connectivity index (χ4v) is 2.78. The Morgan fingerprint density at radius 2 is 2.00 bits per heavy atom. The molecule has 0 aromatic carbocycles. The van der Waals surface area contributed by atoms with Gasteiger partial charge in [-0.1, -0.05) is 25.0 Å². The van der Waals surface area contributed by atoms with Crippen molar-refractivity contribution >= 4 is 5.91 Å². The molecular formula is C14H24N2O. The topological polar surface area (TPSA) is 41.1 Å². The molecule has 1 unspecified atom stereocenters. The van der Waals surface area contributed by atoms with Crippen molar-refractivity contribution in [1.29, 1.82) is 0 Å². The van der Waals surface area contributed by atoms with Crippen molar-refractivity contribution < 1.29 is 4.79 Å². The fourth-order valence-electron chi connectivity index (χ4n) is 2.78. The van der Waals surface area contributed by atoms with E-state index in [-0.39, 0.29) is 5.91 Å². The summed E-state index contributed by atoms with van der Waals surface area (Å²) in [7, 11) is 0. The molecule has 17 heavy (non-hydrogen) atoms. The molecule has 1 saturated carbocycles. The molecule has 0 heterocycles. The van der Waals surface area contributed by atoms with Crippen LogP contribution in [0.15, 0.2) is 12.2 Å². The molecule has 3 nitrogen and oxygen atoms in total. The van der Waals surface area contributed by atoms with Crippen LogP contribution in [0.3, 0.4) is 0 Å². The van der Waals surface area contributed by atoms with Gasteiger partial charge in [0.05, 0.1) is 6.54 Å². The van der Waals surface area contributed by atoms with E-state index in [0.717, 1.165) is 18.9 Å². The quantitative estimate of drug-likeness (QED) is 0.717. The van der Waals surface area contributed by atoms with E-state index in [0.29, 0.717) is 12.6 Å². The minimum Gasteiger partial charge on any atom is -0.352 e. The highest BCUT2D eigenvalue weighted by molar-refractivity contribution is 5.78.